The van der Waals surface area contributed by atoms with Gasteiger partial charge in [-0.05, 0) is 30.1 Å². The Balaban J connectivity index is 4.20. The van der Waals surface area contributed by atoms with Crippen LogP contribution >= 0.6 is 22.6 Å². The van der Waals surface area contributed by atoms with Crippen molar-refractivity contribution < 1.29 is 0 Å². The Kier molecular flexibility index (Phi) is 5.88. The van der Waals surface area contributed by atoms with Crippen LogP contribution in [0.15, 0.2) is 0 Å². The second-order valence-electron chi connectivity index (χ2n) is 5.71. The first-order valence-electron chi connectivity index (χ1n) is 5.37. The second kappa shape index (κ2) is 5.57. The molecule has 2 atom stereocenters. The minimum Gasteiger partial charge on any atom is -0.0829 e. The highest BCUT2D eigenvalue weighted by atomic mass is 127. The first kappa shape index (κ1) is 13.7. The van der Waals surface area contributed by atoms with Crippen LogP contribution in [0.2, 0.25) is 0 Å². The molecule has 0 aliphatic carbocycles. The van der Waals surface area contributed by atoms with E-state index in [1.807, 2.05) is 0 Å². The summed E-state index contributed by atoms with van der Waals surface area (Å²) in [7, 11) is 0. The third kappa shape index (κ3) is 6.75. The monoisotopic (exact) mass is 296 g/mol. The molecule has 0 radical (unpaired) electrons. The SMILES string of the molecule is CC(C)CC(CC(C)I)C(C)(C)C. The highest BCUT2D eigenvalue weighted by Gasteiger charge is 2.25. The number of halogens is 1. The van der Waals surface area contributed by atoms with Crippen molar-refractivity contribution in [1.29, 1.82) is 0 Å². The lowest BCUT2D eigenvalue weighted by Gasteiger charge is -2.33. The van der Waals surface area contributed by atoms with Gasteiger partial charge in [0.15, 0.2) is 0 Å². The van der Waals surface area contributed by atoms with Gasteiger partial charge in [-0.25, -0.2) is 0 Å². The molecule has 2 unspecified atom stereocenters. The second-order valence-corrected chi connectivity index (χ2v) is 7.84. The molecule has 0 aromatic carbocycles. The van der Waals surface area contributed by atoms with Crippen LogP contribution in [0.5, 0.6) is 0 Å². The normalized spacial score (nSPS) is 17.5. The molecule has 0 aromatic heterocycles. The van der Waals surface area contributed by atoms with Gasteiger partial charge in [0.05, 0.1) is 0 Å². The van der Waals surface area contributed by atoms with E-state index in [2.05, 4.69) is 64.1 Å². The van der Waals surface area contributed by atoms with Gasteiger partial charge in [-0.3, -0.25) is 0 Å². The van der Waals surface area contributed by atoms with Crippen molar-refractivity contribution in [1.82, 2.24) is 0 Å². The van der Waals surface area contributed by atoms with Crippen LogP contribution in [0, 0.1) is 17.3 Å². The summed E-state index contributed by atoms with van der Waals surface area (Å²) < 4.78 is 0.806. The zero-order valence-corrected chi connectivity index (χ0v) is 12.2. The van der Waals surface area contributed by atoms with E-state index in [4.69, 9.17) is 0 Å². The van der Waals surface area contributed by atoms with Crippen LogP contribution < -0.4 is 0 Å². The zero-order valence-electron chi connectivity index (χ0n) is 10.0. The van der Waals surface area contributed by atoms with Crippen LogP contribution in [0.1, 0.15) is 54.4 Å². The lowest BCUT2D eigenvalue weighted by Crippen LogP contribution is -2.24. The summed E-state index contributed by atoms with van der Waals surface area (Å²) in [6, 6.07) is 0. The summed E-state index contributed by atoms with van der Waals surface area (Å²) in [5, 5.41) is 0. The van der Waals surface area contributed by atoms with Crippen molar-refractivity contribution in [3.8, 4) is 0 Å². The van der Waals surface area contributed by atoms with Gasteiger partial charge in [0.25, 0.3) is 0 Å². The number of hydrogen-bond donors (Lipinski definition) is 0. The molecule has 1 heteroatoms. The first-order valence-corrected chi connectivity index (χ1v) is 6.62. The molecule has 0 fully saturated rings. The van der Waals surface area contributed by atoms with Crippen molar-refractivity contribution in [2.45, 2.75) is 58.3 Å². The average molecular weight is 296 g/mol. The molecule has 13 heavy (non-hydrogen) atoms. The first-order chi connectivity index (χ1) is 5.73. The van der Waals surface area contributed by atoms with E-state index in [1.54, 1.807) is 0 Å². The van der Waals surface area contributed by atoms with Crippen molar-refractivity contribution in [2.24, 2.45) is 17.3 Å². The van der Waals surface area contributed by atoms with Crippen LogP contribution in [0.4, 0.5) is 0 Å². The summed E-state index contributed by atoms with van der Waals surface area (Å²) >= 11 is 2.54. The van der Waals surface area contributed by atoms with Crippen molar-refractivity contribution in [3.63, 3.8) is 0 Å². The van der Waals surface area contributed by atoms with Crippen LogP contribution in [0.3, 0.4) is 0 Å². The van der Waals surface area contributed by atoms with E-state index in [1.165, 1.54) is 12.8 Å². The van der Waals surface area contributed by atoms with E-state index >= 15 is 0 Å². The Hall–Kier alpha value is 0.730. The predicted octanol–water partition coefficient (Wildman–Crippen LogP) is 4.91. The van der Waals surface area contributed by atoms with Gasteiger partial charge in [0, 0.05) is 3.92 Å². The molecule has 0 rings (SSSR count). The fourth-order valence-electron chi connectivity index (χ4n) is 1.76. The van der Waals surface area contributed by atoms with E-state index < -0.39 is 0 Å². The summed E-state index contributed by atoms with van der Waals surface area (Å²) in [6.07, 6.45) is 2.74. The molecule has 0 saturated carbocycles. The Morgan fingerprint density at radius 3 is 1.69 bits per heavy atom. The molecule has 0 nitrogen and oxygen atoms in total. The molecule has 0 heterocycles. The molecule has 0 aliphatic rings. The minimum atomic E-state index is 0.476. The molecule has 0 bridgehead atoms. The lowest BCUT2D eigenvalue weighted by molar-refractivity contribution is 0.193. The molecule has 80 valence electrons. The van der Waals surface area contributed by atoms with Gasteiger partial charge in [0.1, 0.15) is 0 Å². The highest BCUT2D eigenvalue weighted by molar-refractivity contribution is 14.1. The van der Waals surface area contributed by atoms with Crippen molar-refractivity contribution >= 4 is 22.6 Å². The van der Waals surface area contributed by atoms with E-state index in [0.717, 1.165) is 15.8 Å². The fourth-order valence-corrected chi connectivity index (χ4v) is 2.38. The van der Waals surface area contributed by atoms with Crippen molar-refractivity contribution in [2.75, 3.05) is 0 Å². The molecular formula is C12H25I. The lowest BCUT2D eigenvalue weighted by atomic mass is 9.74. The van der Waals surface area contributed by atoms with Gasteiger partial charge < -0.3 is 0 Å². The maximum absolute atomic E-state index is 2.54. The number of hydrogen-bond acceptors (Lipinski definition) is 0. The maximum Gasteiger partial charge on any atom is 0.00841 e. The smallest absolute Gasteiger partial charge is 0.00841 e. The van der Waals surface area contributed by atoms with Crippen LogP contribution in [0.25, 0.3) is 0 Å². The predicted molar refractivity (Wildman–Crippen MR) is 70.5 cm³/mol. The molecular weight excluding hydrogens is 271 g/mol. The Morgan fingerprint density at radius 1 is 1.00 bits per heavy atom. The van der Waals surface area contributed by atoms with Crippen LogP contribution in [-0.4, -0.2) is 3.92 Å². The Morgan fingerprint density at radius 2 is 1.46 bits per heavy atom. The third-order valence-corrected chi connectivity index (χ3v) is 3.10. The van der Waals surface area contributed by atoms with E-state index in [9.17, 15) is 0 Å². The van der Waals surface area contributed by atoms with Crippen LogP contribution in [-0.2, 0) is 0 Å². The van der Waals surface area contributed by atoms with Gasteiger partial charge in [0.2, 0.25) is 0 Å². The summed E-state index contributed by atoms with van der Waals surface area (Å²) in [5.74, 6) is 1.71. The summed E-state index contributed by atoms with van der Waals surface area (Å²) in [4.78, 5) is 0. The standard InChI is InChI=1S/C12H25I/c1-9(2)7-11(8-10(3)13)12(4,5)6/h9-11H,7-8H2,1-6H3. The molecule has 0 aliphatic heterocycles. The van der Waals surface area contributed by atoms with E-state index in [0.29, 0.717) is 5.41 Å². The third-order valence-electron chi connectivity index (χ3n) is 2.59. The number of alkyl halides is 1. The van der Waals surface area contributed by atoms with E-state index in [-0.39, 0.29) is 0 Å². The molecule has 0 aromatic rings. The summed E-state index contributed by atoms with van der Waals surface area (Å²) in [6.45, 7) is 14.1. The maximum atomic E-state index is 2.54. The zero-order chi connectivity index (χ0) is 10.6. The largest absolute Gasteiger partial charge is 0.0829 e. The fraction of sp³-hybridized carbons (Fsp3) is 1.00. The topological polar surface area (TPSA) is 0 Å². The molecule has 0 spiro atoms. The Bertz CT molecular complexity index is 121. The number of rotatable bonds is 4. The highest BCUT2D eigenvalue weighted by Crippen LogP contribution is 2.35. The van der Waals surface area contributed by atoms with Gasteiger partial charge in [-0.2, -0.15) is 0 Å². The Labute approximate surface area is 98.0 Å². The summed E-state index contributed by atoms with van der Waals surface area (Å²) in [5.41, 5.74) is 0.476. The average Bonchev–Trinajstić information content (AvgIpc) is 1.81. The van der Waals surface area contributed by atoms with Gasteiger partial charge in [-0.15, -0.1) is 0 Å². The molecule has 0 amide bonds. The van der Waals surface area contributed by atoms with Crippen molar-refractivity contribution in [3.05, 3.63) is 0 Å². The van der Waals surface area contributed by atoms with Gasteiger partial charge in [-0.1, -0.05) is 64.1 Å². The van der Waals surface area contributed by atoms with Gasteiger partial charge >= 0.3 is 0 Å². The minimum absolute atomic E-state index is 0.476. The molecule has 0 saturated heterocycles. The molecule has 0 N–H and O–H groups in total. The quantitative estimate of drug-likeness (QED) is 0.511.